The van der Waals surface area contributed by atoms with Crippen LogP contribution in [0.25, 0.3) is 0 Å². The summed E-state index contributed by atoms with van der Waals surface area (Å²) in [6.45, 7) is 8.08. The van der Waals surface area contributed by atoms with Crippen LogP contribution in [0, 0.1) is 11.8 Å². The van der Waals surface area contributed by atoms with E-state index in [0.717, 1.165) is 0 Å². The Morgan fingerprint density at radius 1 is 0.632 bits per heavy atom. The molecule has 2 rings (SSSR count). The number of aliphatic imine (C=N–C) groups is 3. The number of nitrogens with two attached hydrogens (primary N) is 8. The molecule has 0 aliphatic carbocycles. The molecule has 0 bridgehead atoms. The maximum atomic E-state index is 14.7. The van der Waals surface area contributed by atoms with Crippen molar-refractivity contribution in [2.24, 2.45) is 72.7 Å². The zero-order chi connectivity index (χ0) is 56.9. The van der Waals surface area contributed by atoms with Crippen molar-refractivity contribution in [1.29, 1.82) is 0 Å². The van der Waals surface area contributed by atoms with E-state index in [1.165, 1.54) is 17.4 Å². The number of hydrogen-bond donors (Lipinski definition) is 16. The highest BCUT2D eigenvalue weighted by atomic mass is 16.4. The van der Waals surface area contributed by atoms with Crippen LogP contribution in [0.4, 0.5) is 0 Å². The summed E-state index contributed by atoms with van der Waals surface area (Å²) in [5.41, 5.74) is 45.5. The van der Waals surface area contributed by atoms with E-state index >= 15 is 0 Å². The molecule has 0 radical (unpaired) electrons. The summed E-state index contributed by atoms with van der Waals surface area (Å²) in [5.74, 6) is -6.95. The van der Waals surface area contributed by atoms with E-state index in [-0.39, 0.29) is 127 Å². The van der Waals surface area contributed by atoms with Gasteiger partial charge in [-0.05, 0) is 102 Å². The van der Waals surface area contributed by atoms with Crippen LogP contribution < -0.4 is 77.8 Å². The third-order valence-corrected chi connectivity index (χ3v) is 12.1. The van der Waals surface area contributed by atoms with Crippen molar-refractivity contribution in [3.05, 3.63) is 18.2 Å². The molecule has 0 saturated carbocycles. The van der Waals surface area contributed by atoms with Gasteiger partial charge < -0.3 is 92.8 Å². The van der Waals surface area contributed by atoms with Crippen LogP contribution in [0.3, 0.4) is 0 Å². The van der Waals surface area contributed by atoms with Gasteiger partial charge in [0.15, 0.2) is 17.9 Å². The maximum absolute atomic E-state index is 14.7. The summed E-state index contributed by atoms with van der Waals surface area (Å²) < 4.78 is 0. The molecule has 29 heteroatoms. The second kappa shape index (κ2) is 34.3. The van der Waals surface area contributed by atoms with Gasteiger partial charge in [-0.15, -0.1) is 0 Å². The summed E-state index contributed by atoms with van der Waals surface area (Å²) in [6, 6.07) is -9.56. The molecule has 0 unspecified atom stereocenters. The first-order chi connectivity index (χ1) is 35.9. The molecule has 29 nitrogen and oxygen atoms in total. The zero-order valence-electron chi connectivity index (χ0n) is 44.4. The highest BCUT2D eigenvalue weighted by Crippen LogP contribution is 2.21. The van der Waals surface area contributed by atoms with E-state index in [1.807, 2.05) is 27.7 Å². The molecule has 1 aromatic heterocycles. The minimum absolute atomic E-state index is 0.00695. The number of aromatic amines is 1. The summed E-state index contributed by atoms with van der Waals surface area (Å²) in [4.78, 5) is 131. The molecular formula is C47H86N20O9. The summed E-state index contributed by atoms with van der Waals surface area (Å²) >= 11 is 0. The Labute approximate surface area is 443 Å². The molecular weight excluding hydrogens is 989 g/mol. The molecule has 24 N–H and O–H groups in total. The molecule has 0 aromatic carbocycles. The van der Waals surface area contributed by atoms with Gasteiger partial charge in [-0.25, -0.2) is 9.78 Å². The highest BCUT2D eigenvalue weighted by Gasteiger charge is 2.40. The molecule has 7 amide bonds. The fraction of sp³-hybridized carbons (Fsp3) is 0.702. The predicted molar refractivity (Wildman–Crippen MR) is 286 cm³/mol. The fourth-order valence-corrected chi connectivity index (χ4v) is 8.33. The Kier molecular flexibility index (Phi) is 29.3. The number of carboxylic acids is 1. The number of amides is 7. The van der Waals surface area contributed by atoms with Gasteiger partial charge in [0.2, 0.25) is 41.4 Å². The van der Waals surface area contributed by atoms with Crippen molar-refractivity contribution in [3.63, 3.8) is 0 Å². The van der Waals surface area contributed by atoms with E-state index in [4.69, 9.17) is 45.9 Å². The van der Waals surface area contributed by atoms with Crippen LogP contribution in [0.5, 0.6) is 0 Å². The highest BCUT2D eigenvalue weighted by molar-refractivity contribution is 5.98. The van der Waals surface area contributed by atoms with Gasteiger partial charge in [-0.1, -0.05) is 27.7 Å². The van der Waals surface area contributed by atoms with Crippen molar-refractivity contribution in [1.82, 2.24) is 46.8 Å². The average molecular weight is 1080 g/mol. The quantitative estimate of drug-likeness (QED) is 0.0172. The summed E-state index contributed by atoms with van der Waals surface area (Å²) in [7, 11) is 0. The number of likely N-dealkylation sites (tertiary alicyclic amines) is 1. The summed E-state index contributed by atoms with van der Waals surface area (Å²) in [6.07, 6.45) is 5.54. The zero-order valence-corrected chi connectivity index (χ0v) is 44.4. The van der Waals surface area contributed by atoms with Gasteiger partial charge in [0, 0.05) is 44.5 Å². The molecule has 428 valence electrons. The third kappa shape index (κ3) is 24.8. The van der Waals surface area contributed by atoms with Crippen LogP contribution in [0.1, 0.15) is 117 Å². The molecule has 1 saturated heterocycles. The number of carbonyl (C=O) groups is 8. The van der Waals surface area contributed by atoms with E-state index in [0.29, 0.717) is 31.5 Å². The number of hydrogen-bond acceptors (Lipinski definition) is 14. The molecule has 76 heavy (non-hydrogen) atoms. The molecule has 0 spiro atoms. The van der Waals surface area contributed by atoms with E-state index < -0.39 is 95.7 Å². The first kappa shape index (κ1) is 64.8. The minimum atomic E-state index is -1.32. The normalized spacial score (nSPS) is 15.9. The van der Waals surface area contributed by atoms with Crippen molar-refractivity contribution in [2.45, 2.75) is 166 Å². The van der Waals surface area contributed by atoms with Crippen molar-refractivity contribution in [2.75, 3.05) is 32.7 Å². The van der Waals surface area contributed by atoms with Crippen LogP contribution in [-0.4, -0.2) is 166 Å². The second-order valence-electron chi connectivity index (χ2n) is 19.7. The topological polar surface area (TPSA) is 506 Å². The number of carbonyl (C=O) groups excluding carboxylic acids is 7. The Morgan fingerprint density at radius 2 is 1.07 bits per heavy atom. The van der Waals surface area contributed by atoms with Crippen molar-refractivity contribution < 1.29 is 43.5 Å². The maximum Gasteiger partial charge on any atom is 0.326 e. The minimum Gasteiger partial charge on any atom is -0.480 e. The Bertz CT molecular complexity index is 2110. The number of nitrogens with one attached hydrogen (secondary N) is 7. The fourth-order valence-electron chi connectivity index (χ4n) is 8.33. The molecule has 1 aromatic rings. The van der Waals surface area contributed by atoms with Crippen LogP contribution >= 0.6 is 0 Å². The number of aliphatic carboxylic acids is 1. The Balaban J connectivity index is 2.45. The van der Waals surface area contributed by atoms with Gasteiger partial charge in [0.25, 0.3) is 0 Å². The lowest BCUT2D eigenvalue weighted by Gasteiger charge is -2.31. The first-order valence-electron chi connectivity index (χ1n) is 25.9. The molecule has 2 heterocycles. The Hall–Kier alpha value is -7.30. The van der Waals surface area contributed by atoms with Gasteiger partial charge in [0.1, 0.15) is 42.3 Å². The van der Waals surface area contributed by atoms with Crippen molar-refractivity contribution >= 4 is 65.2 Å². The van der Waals surface area contributed by atoms with Gasteiger partial charge in [-0.2, -0.15) is 0 Å². The number of nitrogens with zero attached hydrogens (tertiary/aromatic N) is 5. The lowest BCUT2D eigenvalue weighted by atomic mass is 9.99. The standard InChI is InChI=1S/C47H86N20O9/c1-26(2)21-34(65-37(68)29(49)23-28-24-56-25-60-28)41(72)66-35(22-27(3)4)40(71)63-32(14-9-19-59-47(54)55)43(74)67-20-10-15-36(67)42(73)62-31(13-8-18-58-46(52)53)38(69)61-30(12-7-17-57-45(50)51)39(70)64-33(44(75)76)11-5-6-16-48/h24-27,29-36H,5-23,48-49H2,1-4H3,(H,56,60)(H,61,69)(H,62,73)(H,63,71)(H,64,70)(H,65,68)(H,66,72)(H,75,76)(H4,50,51,57)(H4,52,53,58)(H4,54,55,59)/t29-,30-,31-,32-,33-,34-,35-,36-/m0/s1. The summed E-state index contributed by atoms with van der Waals surface area (Å²) in [5, 5.41) is 26.1. The second-order valence-corrected chi connectivity index (χ2v) is 19.7. The lowest BCUT2D eigenvalue weighted by Crippen LogP contribution is -2.60. The van der Waals surface area contributed by atoms with Gasteiger partial charge in [0.05, 0.1) is 12.4 Å². The predicted octanol–water partition coefficient (Wildman–Crippen LogP) is -4.35. The number of unbranched alkanes of at least 4 members (excludes halogenated alkanes) is 1. The van der Waals surface area contributed by atoms with E-state index in [1.54, 1.807) is 0 Å². The molecule has 8 atom stereocenters. The molecule has 1 aliphatic rings. The van der Waals surface area contributed by atoms with E-state index in [9.17, 15) is 43.5 Å². The number of rotatable bonds is 36. The SMILES string of the molecule is CC(C)C[C@H](NC(=O)[C@H](CC(C)C)NC(=O)[C@@H](N)Cc1cnc[nH]1)C(=O)N[C@@H](CCCN=C(N)N)C(=O)N1CCC[C@H]1C(=O)N[C@@H](CCCN=C(N)N)C(=O)N[C@@H](CCCN=C(N)N)C(=O)N[C@@H](CCCCN)C(=O)O. The first-order valence-corrected chi connectivity index (χ1v) is 25.9. The third-order valence-electron chi connectivity index (χ3n) is 12.1. The number of guanidine groups is 3. The number of carboxylic acid groups (broad SMARTS) is 1. The Morgan fingerprint density at radius 3 is 1.53 bits per heavy atom. The van der Waals surface area contributed by atoms with Gasteiger partial charge in [-0.3, -0.25) is 48.5 Å². The molecule has 1 aliphatic heterocycles. The van der Waals surface area contributed by atoms with Gasteiger partial charge >= 0.3 is 5.97 Å². The monoisotopic (exact) mass is 1070 g/mol. The number of imidazole rings is 1. The van der Waals surface area contributed by atoms with Crippen LogP contribution in [0.15, 0.2) is 27.5 Å². The van der Waals surface area contributed by atoms with Crippen molar-refractivity contribution in [3.8, 4) is 0 Å². The van der Waals surface area contributed by atoms with Crippen LogP contribution in [0.2, 0.25) is 0 Å². The largest absolute Gasteiger partial charge is 0.480 e. The lowest BCUT2D eigenvalue weighted by molar-refractivity contribution is -0.143. The van der Waals surface area contributed by atoms with Crippen LogP contribution in [-0.2, 0) is 44.8 Å². The molecule has 1 fully saturated rings. The smallest absolute Gasteiger partial charge is 0.326 e. The number of H-pyrrole nitrogens is 1. The van der Waals surface area contributed by atoms with E-state index in [2.05, 4.69) is 56.8 Å². The number of aromatic nitrogens is 2. The average Bonchev–Trinajstić information content (AvgIpc) is 4.06.